The topological polar surface area (TPSA) is 23.8 Å². The van der Waals surface area contributed by atoms with Crippen molar-refractivity contribution in [2.75, 3.05) is 0 Å². The Kier molecular flexibility index (Phi) is 2.80. The quantitative estimate of drug-likeness (QED) is 0.681. The third kappa shape index (κ3) is 2.25. The van der Waals surface area contributed by atoms with E-state index in [0.29, 0.717) is 5.56 Å². The van der Waals surface area contributed by atoms with E-state index in [4.69, 9.17) is 5.26 Å². The first-order valence-electron chi connectivity index (χ1n) is 3.99. The van der Waals surface area contributed by atoms with Crippen molar-refractivity contribution in [3.05, 3.63) is 34.9 Å². The van der Waals surface area contributed by atoms with Crippen molar-refractivity contribution in [1.82, 2.24) is 0 Å². The van der Waals surface area contributed by atoms with Crippen LogP contribution in [0.3, 0.4) is 0 Å². The molecule has 0 radical (unpaired) electrons. The van der Waals surface area contributed by atoms with Gasteiger partial charge in [-0.05, 0) is 24.1 Å². The van der Waals surface area contributed by atoms with Gasteiger partial charge in [0.15, 0.2) is 0 Å². The minimum Gasteiger partial charge on any atom is -0.198 e. The Labute approximate surface area is 79.8 Å². The lowest BCUT2D eigenvalue weighted by molar-refractivity contribution is -0.138. The normalized spacial score (nSPS) is 11.1. The van der Waals surface area contributed by atoms with Crippen LogP contribution >= 0.6 is 0 Å². The lowest BCUT2D eigenvalue weighted by atomic mass is 10.0. The van der Waals surface area contributed by atoms with Gasteiger partial charge in [-0.2, -0.15) is 18.4 Å². The van der Waals surface area contributed by atoms with E-state index in [1.807, 2.05) is 6.07 Å². The number of nitriles is 1. The molecule has 0 aromatic heterocycles. The van der Waals surface area contributed by atoms with Crippen molar-refractivity contribution in [1.29, 1.82) is 5.26 Å². The lowest BCUT2D eigenvalue weighted by Gasteiger charge is -2.10. The summed E-state index contributed by atoms with van der Waals surface area (Å²) >= 11 is 0. The van der Waals surface area contributed by atoms with Gasteiger partial charge in [0.25, 0.3) is 0 Å². The highest BCUT2D eigenvalue weighted by Gasteiger charge is 2.32. The second-order valence-corrected chi connectivity index (χ2v) is 2.98. The Morgan fingerprint density at radius 2 is 2.00 bits per heavy atom. The molecular weight excluding hydrogens is 191 g/mol. The maximum Gasteiger partial charge on any atom is 0.416 e. The third-order valence-electron chi connectivity index (χ3n) is 1.89. The van der Waals surface area contributed by atoms with E-state index in [1.165, 1.54) is 19.1 Å². The molecule has 0 aliphatic carbocycles. The molecule has 0 N–H and O–H groups in total. The Balaban J connectivity index is 3.17. The minimum atomic E-state index is -4.34. The smallest absolute Gasteiger partial charge is 0.198 e. The van der Waals surface area contributed by atoms with Gasteiger partial charge in [0.05, 0.1) is 18.1 Å². The van der Waals surface area contributed by atoms with Crippen LogP contribution in [-0.2, 0) is 12.6 Å². The Morgan fingerprint density at radius 3 is 2.50 bits per heavy atom. The molecule has 0 aliphatic heterocycles. The number of benzene rings is 1. The van der Waals surface area contributed by atoms with Crippen LogP contribution in [0, 0.1) is 18.3 Å². The van der Waals surface area contributed by atoms with Crippen LogP contribution in [0.5, 0.6) is 0 Å². The average molecular weight is 199 g/mol. The van der Waals surface area contributed by atoms with E-state index in [0.717, 1.165) is 6.07 Å². The van der Waals surface area contributed by atoms with Crippen molar-refractivity contribution in [3.8, 4) is 6.07 Å². The molecule has 0 aliphatic rings. The molecular formula is C10H8F3N. The van der Waals surface area contributed by atoms with E-state index in [2.05, 4.69) is 0 Å². The van der Waals surface area contributed by atoms with Crippen molar-refractivity contribution in [3.63, 3.8) is 0 Å². The summed E-state index contributed by atoms with van der Waals surface area (Å²) < 4.78 is 37.2. The standard InChI is InChI=1S/C10H8F3N/c1-7-2-3-8(4-5-14)6-9(7)10(11,12)13/h2-3,6H,4H2,1H3. The second-order valence-electron chi connectivity index (χ2n) is 2.98. The monoisotopic (exact) mass is 199 g/mol. The predicted octanol–water partition coefficient (Wildman–Crippen LogP) is 3.08. The lowest BCUT2D eigenvalue weighted by Crippen LogP contribution is -2.07. The number of nitrogens with zero attached hydrogens (tertiary/aromatic N) is 1. The summed E-state index contributed by atoms with van der Waals surface area (Å²) in [7, 11) is 0. The summed E-state index contributed by atoms with van der Waals surface area (Å²) in [5.41, 5.74) is -0.0881. The van der Waals surface area contributed by atoms with Gasteiger partial charge in [0.1, 0.15) is 0 Å². The van der Waals surface area contributed by atoms with Gasteiger partial charge in [0, 0.05) is 0 Å². The van der Waals surface area contributed by atoms with Gasteiger partial charge in [-0.3, -0.25) is 0 Å². The van der Waals surface area contributed by atoms with Crippen molar-refractivity contribution in [2.45, 2.75) is 19.5 Å². The van der Waals surface area contributed by atoms with Gasteiger partial charge in [-0.1, -0.05) is 12.1 Å². The molecule has 0 spiro atoms. The van der Waals surface area contributed by atoms with Crippen molar-refractivity contribution >= 4 is 0 Å². The first kappa shape index (κ1) is 10.6. The molecule has 74 valence electrons. The summed E-state index contributed by atoms with van der Waals surface area (Å²) in [5.74, 6) is 0. The summed E-state index contributed by atoms with van der Waals surface area (Å²) in [6.45, 7) is 1.40. The molecule has 1 nitrogen and oxygen atoms in total. The summed E-state index contributed by atoms with van der Waals surface area (Å²) in [5, 5.41) is 8.35. The molecule has 0 saturated carbocycles. The number of hydrogen-bond donors (Lipinski definition) is 0. The first-order chi connectivity index (χ1) is 6.45. The zero-order chi connectivity index (χ0) is 10.8. The fraction of sp³-hybridized carbons (Fsp3) is 0.300. The van der Waals surface area contributed by atoms with Gasteiger partial charge in [0.2, 0.25) is 0 Å². The summed E-state index contributed by atoms with van der Waals surface area (Å²) in [6.07, 6.45) is -4.33. The molecule has 0 heterocycles. The number of alkyl halides is 3. The summed E-state index contributed by atoms with van der Waals surface area (Å²) in [6, 6.07) is 5.76. The van der Waals surface area contributed by atoms with E-state index >= 15 is 0 Å². The zero-order valence-electron chi connectivity index (χ0n) is 7.52. The van der Waals surface area contributed by atoms with Crippen molar-refractivity contribution < 1.29 is 13.2 Å². The third-order valence-corrected chi connectivity index (χ3v) is 1.89. The molecule has 1 aromatic rings. The maximum absolute atomic E-state index is 12.4. The molecule has 1 rings (SSSR count). The minimum absolute atomic E-state index is 0.00333. The van der Waals surface area contributed by atoms with Crippen LogP contribution in [0.25, 0.3) is 0 Å². The van der Waals surface area contributed by atoms with Crippen LogP contribution in [0.4, 0.5) is 13.2 Å². The molecule has 0 atom stereocenters. The Bertz CT molecular complexity index is 374. The molecule has 14 heavy (non-hydrogen) atoms. The second kappa shape index (κ2) is 3.70. The molecule has 0 unspecified atom stereocenters. The zero-order valence-corrected chi connectivity index (χ0v) is 7.52. The van der Waals surface area contributed by atoms with Crippen LogP contribution < -0.4 is 0 Å². The largest absolute Gasteiger partial charge is 0.416 e. The Hall–Kier alpha value is -1.50. The highest BCUT2D eigenvalue weighted by Crippen LogP contribution is 2.32. The maximum atomic E-state index is 12.4. The molecule has 0 saturated heterocycles. The van der Waals surface area contributed by atoms with Gasteiger partial charge < -0.3 is 0 Å². The van der Waals surface area contributed by atoms with Crippen LogP contribution in [0.15, 0.2) is 18.2 Å². The molecule has 4 heteroatoms. The van der Waals surface area contributed by atoms with E-state index in [1.54, 1.807) is 0 Å². The number of rotatable bonds is 1. The van der Waals surface area contributed by atoms with Gasteiger partial charge >= 0.3 is 6.18 Å². The first-order valence-corrected chi connectivity index (χ1v) is 3.99. The summed E-state index contributed by atoms with van der Waals surface area (Å²) in [4.78, 5) is 0. The molecule has 0 bridgehead atoms. The van der Waals surface area contributed by atoms with Crippen LogP contribution in [-0.4, -0.2) is 0 Å². The molecule has 0 amide bonds. The van der Waals surface area contributed by atoms with Gasteiger partial charge in [-0.25, -0.2) is 0 Å². The van der Waals surface area contributed by atoms with Gasteiger partial charge in [-0.15, -0.1) is 0 Å². The fourth-order valence-corrected chi connectivity index (χ4v) is 1.18. The fourth-order valence-electron chi connectivity index (χ4n) is 1.18. The number of aryl methyl sites for hydroxylation is 1. The Morgan fingerprint density at radius 1 is 1.36 bits per heavy atom. The average Bonchev–Trinajstić information content (AvgIpc) is 2.07. The highest BCUT2D eigenvalue weighted by molar-refractivity contribution is 5.34. The van der Waals surface area contributed by atoms with E-state index in [9.17, 15) is 13.2 Å². The van der Waals surface area contributed by atoms with Crippen LogP contribution in [0.1, 0.15) is 16.7 Å². The predicted molar refractivity (Wildman–Crippen MR) is 45.5 cm³/mol. The van der Waals surface area contributed by atoms with E-state index in [-0.39, 0.29) is 12.0 Å². The number of hydrogen-bond acceptors (Lipinski definition) is 1. The number of halogens is 3. The van der Waals surface area contributed by atoms with E-state index < -0.39 is 11.7 Å². The highest BCUT2D eigenvalue weighted by atomic mass is 19.4. The van der Waals surface area contributed by atoms with Crippen molar-refractivity contribution in [2.24, 2.45) is 0 Å². The SMILES string of the molecule is Cc1ccc(CC#N)cc1C(F)(F)F. The van der Waals surface area contributed by atoms with Crippen LogP contribution in [0.2, 0.25) is 0 Å². The molecule has 1 aromatic carbocycles. The molecule has 0 fully saturated rings.